The van der Waals surface area contributed by atoms with Crippen LogP contribution in [0.15, 0.2) is 18.3 Å². The number of hydrogen-bond donors (Lipinski definition) is 1. The molecule has 31 heavy (non-hydrogen) atoms. The lowest BCUT2D eigenvalue weighted by Crippen LogP contribution is -2.30. The van der Waals surface area contributed by atoms with Gasteiger partial charge in [-0.05, 0) is 43.7 Å². The van der Waals surface area contributed by atoms with Gasteiger partial charge >= 0.3 is 12.4 Å². The van der Waals surface area contributed by atoms with E-state index >= 15 is 0 Å². The van der Waals surface area contributed by atoms with Gasteiger partial charge in [0.2, 0.25) is 5.91 Å². The van der Waals surface area contributed by atoms with Crippen molar-refractivity contribution in [1.29, 1.82) is 0 Å². The number of carbonyl (C=O) groups is 1. The van der Waals surface area contributed by atoms with Crippen LogP contribution in [-0.4, -0.2) is 26.8 Å². The lowest BCUT2D eigenvalue weighted by molar-refractivity contribution is -0.189. The third kappa shape index (κ3) is 4.01. The predicted molar refractivity (Wildman–Crippen MR) is 99.0 cm³/mol. The number of nitrogens with one attached hydrogen (secondary N) is 1. The van der Waals surface area contributed by atoms with Crippen molar-refractivity contribution in [3.8, 4) is 11.4 Å². The van der Waals surface area contributed by atoms with Crippen LogP contribution in [0.5, 0.6) is 0 Å². The van der Waals surface area contributed by atoms with E-state index in [9.17, 15) is 31.1 Å². The second-order valence-electron chi connectivity index (χ2n) is 8.30. The van der Waals surface area contributed by atoms with E-state index in [0.717, 1.165) is 31.5 Å². The quantitative estimate of drug-likeness (QED) is 0.623. The molecular weight excluding hydrogens is 426 g/mol. The maximum absolute atomic E-state index is 13.2. The summed E-state index contributed by atoms with van der Waals surface area (Å²) in [5, 5.41) is 6.77. The summed E-state index contributed by atoms with van der Waals surface area (Å²) in [5.74, 6) is -0.632. The van der Waals surface area contributed by atoms with Crippen LogP contribution in [0.1, 0.15) is 55.6 Å². The topological polar surface area (TPSA) is 59.8 Å². The highest BCUT2D eigenvalue weighted by Crippen LogP contribution is 2.60. The molecule has 168 valence electrons. The van der Waals surface area contributed by atoms with Crippen molar-refractivity contribution in [3.05, 3.63) is 29.5 Å². The zero-order chi connectivity index (χ0) is 22.6. The van der Waals surface area contributed by atoms with Crippen molar-refractivity contribution in [2.75, 3.05) is 5.32 Å². The third-order valence-electron chi connectivity index (χ3n) is 6.14. The Morgan fingerprint density at radius 2 is 1.87 bits per heavy atom. The van der Waals surface area contributed by atoms with Gasteiger partial charge in [0.05, 0.1) is 22.4 Å². The molecule has 0 atom stereocenters. The lowest BCUT2D eigenvalue weighted by atomic mass is 9.79. The van der Waals surface area contributed by atoms with Crippen molar-refractivity contribution in [1.82, 2.24) is 14.8 Å². The smallest absolute Gasteiger partial charge is 0.309 e. The number of amides is 1. The Kier molecular flexibility index (Phi) is 5.05. The van der Waals surface area contributed by atoms with Crippen LogP contribution >= 0.6 is 0 Å². The van der Waals surface area contributed by atoms with Crippen molar-refractivity contribution in [2.24, 2.45) is 12.5 Å². The summed E-state index contributed by atoms with van der Waals surface area (Å²) in [5.41, 5.74) is -1.56. The second-order valence-corrected chi connectivity index (χ2v) is 8.30. The summed E-state index contributed by atoms with van der Waals surface area (Å²) in [6.45, 7) is 0. The normalized spacial score (nSPS) is 18.5. The zero-order valence-corrected chi connectivity index (χ0v) is 16.6. The molecule has 0 spiro atoms. The lowest BCUT2D eigenvalue weighted by Gasteiger charge is -2.27. The van der Waals surface area contributed by atoms with Gasteiger partial charge in [-0.15, -0.1) is 0 Å². The third-order valence-corrected chi connectivity index (χ3v) is 6.14. The molecule has 2 saturated carbocycles. The van der Waals surface area contributed by atoms with Crippen LogP contribution in [0.4, 0.5) is 32.2 Å². The van der Waals surface area contributed by atoms with Gasteiger partial charge in [-0.3, -0.25) is 14.5 Å². The number of aryl methyl sites for hydroxylation is 1. The Morgan fingerprint density at radius 3 is 2.32 bits per heavy atom. The summed E-state index contributed by atoms with van der Waals surface area (Å²) in [4.78, 5) is 16.3. The molecule has 2 aliphatic carbocycles. The average molecular weight is 446 g/mol. The molecule has 0 aliphatic heterocycles. The highest BCUT2D eigenvalue weighted by molar-refractivity contribution is 5.92. The molecule has 2 aromatic heterocycles. The van der Waals surface area contributed by atoms with Crippen molar-refractivity contribution >= 4 is 11.7 Å². The molecule has 0 unspecified atom stereocenters. The number of rotatable bonds is 5. The number of nitrogens with zero attached hydrogens (tertiary/aromatic N) is 3. The zero-order valence-electron chi connectivity index (χ0n) is 16.6. The minimum Gasteiger partial charge on any atom is -0.309 e. The standard InChI is InChI=1S/C20H20F6N4O/c1-30-16(13-6-5-12(10-27-13)19(21,22)23)15(11-3-2-4-11)17(29-30)28-14(31)9-18(7-8-18)20(24,25)26/h5-6,10-11H,2-4,7-9H2,1H3,(H,28,29,31). The van der Waals surface area contributed by atoms with Crippen molar-refractivity contribution < 1.29 is 31.1 Å². The van der Waals surface area contributed by atoms with E-state index in [1.807, 2.05) is 0 Å². The fraction of sp³-hybridized carbons (Fsp3) is 0.550. The SMILES string of the molecule is Cn1nc(NC(=O)CC2(C(F)(F)F)CC2)c(C2CCC2)c1-c1ccc(C(F)(F)F)cn1. The highest BCUT2D eigenvalue weighted by Gasteiger charge is 2.63. The maximum atomic E-state index is 13.2. The summed E-state index contributed by atoms with van der Waals surface area (Å²) in [6.07, 6.45) is -6.57. The summed E-state index contributed by atoms with van der Waals surface area (Å²) in [7, 11) is 1.56. The van der Waals surface area contributed by atoms with Gasteiger partial charge in [0.15, 0.2) is 5.82 Å². The van der Waals surface area contributed by atoms with Crippen LogP contribution in [0.3, 0.4) is 0 Å². The Morgan fingerprint density at radius 1 is 1.19 bits per heavy atom. The number of alkyl halides is 6. The van der Waals surface area contributed by atoms with Gasteiger partial charge < -0.3 is 5.32 Å². The van der Waals surface area contributed by atoms with E-state index in [0.29, 0.717) is 11.3 Å². The van der Waals surface area contributed by atoms with E-state index in [1.54, 1.807) is 7.05 Å². The first-order valence-corrected chi connectivity index (χ1v) is 9.88. The molecule has 4 rings (SSSR count). The molecule has 5 nitrogen and oxygen atoms in total. The molecule has 2 heterocycles. The first kappa shape index (κ1) is 21.6. The molecule has 2 aromatic rings. The molecule has 0 aromatic carbocycles. The first-order valence-electron chi connectivity index (χ1n) is 9.88. The monoisotopic (exact) mass is 446 g/mol. The Hall–Kier alpha value is -2.59. The van der Waals surface area contributed by atoms with E-state index in [-0.39, 0.29) is 30.3 Å². The maximum Gasteiger partial charge on any atom is 0.417 e. The first-order chi connectivity index (χ1) is 14.4. The number of anilines is 1. The van der Waals surface area contributed by atoms with Crippen LogP contribution in [0.25, 0.3) is 11.4 Å². The summed E-state index contributed by atoms with van der Waals surface area (Å²) >= 11 is 0. The fourth-order valence-corrected chi connectivity index (χ4v) is 3.92. The minimum absolute atomic E-state index is 0.000550. The minimum atomic E-state index is -4.52. The summed E-state index contributed by atoms with van der Waals surface area (Å²) < 4.78 is 79.5. The van der Waals surface area contributed by atoms with Gasteiger partial charge in [0.1, 0.15) is 0 Å². The molecule has 0 radical (unpaired) electrons. The number of halogens is 6. The molecule has 0 saturated heterocycles. The second kappa shape index (κ2) is 7.23. The molecule has 2 aliphatic rings. The van der Waals surface area contributed by atoms with Crippen LogP contribution in [0.2, 0.25) is 0 Å². The van der Waals surface area contributed by atoms with Crippen molar-refractivity contribution in [3.63, 3.8) is 0 Å². The molecule has 11 heteroatoms. The van der Waals surface area contributed by atoms with Crippen molar-refractivity contribution in [2.45, 2.75) is 56.8 Å². The Bertz CT molecular complexity index is 985. The largest absolute Gasteiger partial charge is 0.417 e. The molecule has 0 bridgehead atoms. The number of pyridine rings is 1. The highest BCUT2D eigenvalue weighted by atomic mass is 19.4. The van der Waals surface area contributed by atoms with Crippen LogP contribution < -0.4 is 5.32 Å². The number of carbonyl (C=O) groups excluding carboxylic acids is 1. The van der Waals surface area contributed by atoms with E-state index in [4.69, 9.17) is 0 Å². The van der Waals surface area contributed by atoms with Gasteiger partial charge in [-0.2, -0.15) is 31.4 Å². The van der Waals surface area contributed by atoms with Gasteiger partial charge in [0, 0.05) is 25.2 Å². The average Bonchev–Trinajstić information content (AvgIpc) is 3.33. The molecule has 1 N–H and O–H groups in total. The summed E-state index contributed by atoms with van der Waals surface area (Å²) in [6, 6.07) is 2.15. The molecule has 2 fully saturated rings. The molecule has 1 amide bonds. The molecular formula is C20H20F6N4O. The Labute approximate surface area is 173 Å². The Balaban J connectivity index is 1.63. The van der Waals surface area contributed by atoms with E-state index in [2.05, 4.69) is 15.4 Å². The predicted octanol–water partition coefficient (Wildman–Crippen LogP) is 5.44. The number of aromatic nitrogens is 3. The number of hydrogen-bond acceptors (Lipinski definition) is 3. The van der Waals surface area contributed by atoms with E-state index in [1.165, 1.54) is 10.7 Å². The fourth-order valence-electron chi connectivity index (χ4n) is 3.92. The van der Waals surface area contributed by atoms with Crippen LogP contribution in [-0.2, 0) is 18.0 Å². The van der Waals surface area contributed by atoms with Crippen LogP contribution in [0, 0.1) is 5.41 Å². The van der Waals surface area contributed by atoms with Gasteiger partial charge in [0.25, 0.3) is 0 Å². The van der Waals surface area contributed by atoms with E-state index < -0.39 is 35.7 Å². The van der Waals surface area contributed by atoms with Gasteiger partial charge in [-0.1, -0.05) is 6.42 Å². The van der Waals surface area contributed by atoms with Gasteiger partial charge in [-0.25, -0.2) is 0 Å².